The van der Waals surface area contributed by atoms with Gasteiger partial charge in [0.2, 0.25) is 0 Å². The summed E-state index contributed by atoms with van der Waals surface area (Å²) in [6.45, 7) is 7.25. The zero-order valence-electron chi connectivity index (χ0n) is 16.2. The van der Waals surface area contributed by atoms with Crippen molar-refractivity contribution in [3.05, 3.63) is 33.0 Å². The number of unbranched alkanes of at least 4 members (excludes halogenated alkanes) is 2. The Bertz CT molecular complexity index is 628. The van der Waals surface area contributed by atoms with Gasteiger partial charge in [0.15, 0.2) is 11.6 Å². The van der Waals surface area contributed by atoms with E-state index in [2.05, 4.69) is 43.9 Å². The maximum absolute atomic E-state index is 14.5. The minimum absolute atomic E-state index is 0.337. The van der Waals surface area contributed by atoms with Crippen LogP contribution in [0.3, 0.4) is 0 Å². The third-order valence-corrected chi connectivity index (χ3v) is 4.12. The smallest absolute Gasteiger partial charge is 0.169 e. The van der Waals surface area contributed by atoms with Crippen LogP contribution in [0, 0.1) is 5.82 Å². The number of nitrogens with zero attached hydrogens (tertiary/aromatic N) is 1. The van der Waals surface area contributed by atoms with Crippen LogP contribution in [0.15, 0.2) is 26.8 Å². The summed E-state index contributed by atoms with van der Waals surface area (Å²) >= 11 is 6.53. The molecule has 0 aliphatic carbocycles. The van der Waals surface area contributed by atoms with E-state index in [1.54, 1.807) is 6.08 Å². The van der Waals surface area contributed by atoms with Crippen LogP contribution in [0.4, 0.5) is 4.39 Å². The zero-order valence-corrected chi connectivity index (χ0v) is 19.4. The Morgan fingerprint density at radius 2 is 1.85 bits per heavy atom. The molecule has 0 aromatic heterocycles. The topological polar surface area (TPSA) is 40.0 Å². The second kappa shape index (κ2) is 14.0. The van der Waals surface area contributed by atoms with Gasteiger partial charge in [0.25, 0.3) is 0 Å². The Balaban J connectivity index is 2.53. The fourth-order valence-corrected chi connectivity index (χ4v) is 2.58. The molecule has 0 spiro atoms. The summed E-state index contributed by atoms with van der Waals surface area (Å²) in [4.78, 5) is 5.15. The van der Waals surface area contributed by atoms with E-state index in [9.17, 15) is 4.39 Å². The van der Waals surface area contributed by atoms with Gasteiger partial charge in [-0.3, -0.25) is 0 Å². The van der Waals surface area contributed by atoms with Gasteiger partial charge in [-0.1, -0.05) is 18.5 Å². The summed E-state index contributed by atoms with van der Waals surface area (Å²) in [5, 5.41) is 3.89. The highest BCUT2D eigenvalue weighted by molar-refractivity contribution is 9.28. The van der Waals surface area contributed by atoms with Gasteiger partial charge in [-0.2, -0.15) is 0 Å². The molecule has 7 heteroatoms. The van der Waals surface area contributed by atoms with Crippen molar-refractivity contribution >= 4 is 37.6 Å². The van der Waals surface area contributed by atoms with Crippen LogP contribution in [-0.4, -0.2) is 25.5 Å². The Morgan fingerprint density at radius 3 is 2.52 bits per heavy atom. The minimum atomic E-state index is -0.381. The molecule has 0 amide bonds. The highest BCUT2D eigenvalue weighted by Crippen LogP contribution is 2.30. The van der Waals surface area contributed by atoms with Gasteiger partial charge in [0.1, 0.15) is 19.0 Å². The quantitative estimate of drug-likeness (QED) is 0.168. The molecule has 0 unspecified atom stereocenters. The van der Waals surface area contributed by atoms with Gasteiger partial charge in [0, 0.05) is 11.6 Å². The number of rotatable bonds is 13. The summed E-state index contributed by atoms with van der Waals surface area (Å²) < 4.78 is 26.6. The first-order valence-corrected chi connectivity index (χ1v) is 10.7. The average molecular weight is 509 g/mol. The Hall–Kier alpha value is -1.08. The molecule has 152 valence electrons. The number of hydrogen-bond donors (Lipinski definition) is 0. The maximum Gasteiger partial charge on any atom is 0.169 e. The maximum atomic E-state index is 14.5. The first-order valence-electron chi connectivity index (χ1n) is 9.16. The van der Waals surface area contributed by atoms with Crippen LogP contribution in [-0.2, 0) is 11.3 Å². The number of hydrogen-bond acceptors (Lipinski definition) is 4. The lowest BCUT2D eigenvalue weighted by atomic mass is 10.1. The SMILES string of the molecule is CCCc1cc(OCC=C(Br)Br)cc(F)c1OCCCCCON=C(C)C. The average Bonchev–Trinajstić information content (AvgIpc) is 2.58. The van der Waals surface area contributed by atoms with Crippen molar-refractivity contribution in [2.24, 2.45) is 5.16 Å². The van der Waals surface area contributed by atoms with Crippen LogP contribution < -0.4 is 9.47 Å². The summed E-state index contributed by atoms with van der Waals surface area (Å²) in [5.41, 5.74) is 1.74. The van der Waals surface area contributed by atoms with Gasteiger partial charge in [-0.05, 0) is 83.5 Å². The molecule has 0 bridgehead atoms. The number of oxime groups is 1. The third kappa shape index (κ3) is 10.7. The largest absolute Gasteiger partial charge is 0.490 e. The molecule has 0 saturated carbocycles. The minimum Gasteiger partial charge on any atom is -0.490 e. The van der Waals surface area contributed by atoms with Crippen LogP contribution in [0.1, 0.15) is 52.0 Å². The number of benzene rings is 1. The molecule has 27 heavy (non-hydrogen) atoms. The molecule has 0 radical (unpaired) electrons. The van der Waals surface area contributed by atoms with E-state index in [4.69, 9.17) is 14.3 Å². The van der Waals surface area contributed by atoms with Crippen molar-refractivity contribution in [1.82, 2.24) is 0 Å². The molecule has 0 heterocycles. The van der Waals surface area contributed by atoms with E-state index in [1.165, 1.54) is 6.07 Å². The van der Waals surface area contributed by atoms with Gasteiger partial charge in [-0.15, -0.1) is 0 Å². The molecular formula is C20H28Br2FNO3. The predicted molar refractivity (Wildman–Crippen MR) is 116 cm³/mol. The van der Waals surface area contributed by atoms with Crippen molar-refractivity contribution in [3.63, 3.8) is 0 Å². The molecule has 0 saturated heterocycles. The van der Waals surface area contributed by atoms with Gasteiger partial charge >= 0.3 is 0 Å². The molecule has 1 rings (SSSR count). The van der Waals surface area contributed by atoms with E-state index in [0.29, 0.717) is 31.3 Å². The second-order valence-electron chi connectivity index (χ2n) is 6.23. The molecule has 1 aromatic rings. The highest BCUT2D eigenvalue weighted by Gasteiger charge is 2.13. The van der Waals surface area contributed by atoms with Crippen LogP contribution in [0.25, 0.3) is 0 Å². The molecule has 0 aliphatic rings. The number of halogens is 3. The summed E-state index contributed by atoms with van der Waals surface area (Å²) in [6.07, 6.45) is 6.13. The lowest BCUT2D eigenvalue weighted by Gasteiger charge is -2.14. The van der Waals surface area contributed by atoms with Gasteiger partial charge in [-0.25, -0.2) is 4.39 Å². The molecule has 0 N–H and O–H groups in total. The Morgan fingerprint density at radius 1 is 1.11 bits per heavy atom. The predicted octanol–water partition coefficient (Wildman–Crippen LogP) is 6.75. The molecular weight excluding hydrogens is 481 g/mol. The number of ether oxygens (including phenoxy) is 2. The van der Waals surface area contributed by atoms with Gasteiger partial charge in [0.05, 0.1) is 15.7 Å². The second-order valence-corrected chi connectivity index (χ2v) is 9.00. The highest BCUT2D eigenvalue weighted by atomic mass is 79.9. The lowest BCUT2D eigenvalue weighted by molar-refractivity contribution is 0.138. The van der Waals surface area contributed by atoms with E-state index in [-0.39, 0.29) is 5.82 Å². The van der Waals surface area contributed by atoms with Crippen molar-refractivity contribution < 1.29 is 18.7 Å². The number of aryl methyl sites for hydroxylation is 1. The molecule has 4 nitrogen and oxygen atoms in total. The molecule has 0 fully saturated rings. The Labute approximate surface area is 178 Å². The first kappa shape index (κ1) is 24.0. The normalized spacial score (nSPS) is 10.3. The lowest BCUT2D eigenvalue weighted by Crippen LogP contribution is -2.05. The third-order valence-electron chi connectivity index (χ3n) is 3.47. The molecule has 0 atom stereocenters. The first-order chi connectivity index (χ1) is 12.9. The fraction of sp³-hybridized carbons (Fsp3) is 0.550. The van der Waals surface area contributed by atoms with Crippen molar-refractivity contribution in [2.75, 3.05) is 19.8 Å². The van der Waals surface area contributed by atoms with Crippen molar-refractivity contribution in [2.45, 2.75) is 52.9 Å². The van der Waals surface area contributed by atoms with E-state index < -0.39 is 0 Å². The summed E-state index contributed by atoms with van der Waals surface area (Å²) in [7, 11) is 0. The van der Waals surface area contributed by atoms with Crippen LogP contribution in [0.2, 0.25) is 0 Å². The monoisotopic (exact) mass is 507 g/mol. The molecule has 1 aromatic carbocycles. The summed E-state index contributed by atoms with van der Waals surface area (Å²) in [5.74, 6) is 0.461. The summed E-state index contributed by atoms with van der Waals surface area (Å²) in [6, 6.07) is 3.24. The fourth-order valence-electron chi connectivity index (χ4n) is 2.32. The zero-order chi connectivity index (χ0) is 20.1. The van der Waals surface area contributed by atoms with Crippen molar-refractivity contribution in [3.8, 4) is 11.5 Å². The van der Waals surface area contributed by atoms with E-state index in [0.717, 1.165) is 46.8 Å². The van der Waals surface area contributed by atoms with Gasteiger partial charge < -0.3 is 14.3 Å². The van der Waals surface area contributed by atoms with E-state index in [1.807, 2.05) is 19.9 Å². The van der Waals surface area contributed by atoms with Crippen LogP contribution >= 0.6 is 31.9 Å². The standard InChI is InChI=1S/C20H28Br2FNO3/c1-4-8-16-13-17(25-12-9-19(21)22)14-18(23)20(16)26-10-6-5-7-11-27-24-15(2)3/h9,13-14H,4-8,10-12H2,1-3H3. The van der Waals surface area contributed by atoms with E-state index >= 15 is 0 Å². The molecule has 0 aliphatic heterocycles. The van der Waals surface area contributed by atoms with Crippen LogP contribution in [0.5, 0.6) is 11.5 Å². The van der Waals surface area contributed by atoms with Crippen molar-refractivity contribution in [1.29, 1.82) is 0 Å². The Kier molecular flexibility index (Phi) is 12.4.